The fourth-order valence-corrected chi connectivity index (χ4v) is 3.20. The summed E-state index contributed by atoms with van der Waals surface area (Å²) in [5, 5.41) is 7.02. The third-order valence-corrected chi connectivity index (χ3v) is 4.64. The molecule has 1 aliphatic rings. The van der Waals surface area contributed by atoms with Crippen molar-refractivity contribution in [3.8, 4) is 22.6 Å². The minimum absolute atomic E-state index is 0.395. The zero-order valence-electron chi connectivity index (χ0n) is 14.9. The first-order valence-electron chi connectivity index (χ1n) is 9.12. The van der Waals surface area contributed by atoms with E-state index in [1.807, 2.05) is 24.4 Å². The Bertz CT molecular complexity index is 855. The molecule has 3 heterocycles. The maximum Gasteiger partial charge on any atom is 0.162 e. The van der Waals surface area contributed by atoms with Crippen molar-refractivity contribution < 1.29 is 0 Å². The van der Waals surface area contributed by atoms with Crippen molar-refractivity contribution in [1.29, 1.82) is 0 Å². The summed E-state index contributed by atoms with van der Waals surface area (Å²) in [6, 6.07) is 14.7. The van der Waals surface area contributed by atoms with E-state index < -0.39 is 0 Å². The molecule has 1 aromatic carbocycles. The summed E-state index contributed by atoms with van der Waals surface area (Å²) < 4.78 is 0. The molecule has 1 unspecified atom stereocenters. The normalized spacial score (nSPS) is 17.0. The van der Waals surface area contributed by atoms with Gasteiger partial charge < -0.3 is 10.6 Å². The molecule has 2 aromatic heterocycles. The van der Waals surface area contributed by atoms with E-state index in [9.17, 15) is 0 Å². The molecular weight excluding hydrogens is 322 g/mol. The Balaban J connectivity index is 1.72. The molecule has 0 amide bonds. The highest BCUT2D eigenvalue weighted by molar-refractivity contribution is 5.67. The molecule has 0 saturated carbocycles. The molecule has 1 fully saturated rings. The second-order valence-electron chi connectivity index (χ2n) is 6.76. The van der Waals surface area contributed by atoms with Gasteiger partial charge in [-0.25, -0.2) is 9.97 Å². The first-order valence-corrected chi connectivity index (χ1v) is 9.12. The summed E-state index contributed by atoms with van der Waals surface area (Å²) in [6.07, 6.45) is 5.95. The lowest BCUT2D eigenvalue weighted by molar-refractivity contribution is 0.479. The number of aromatic nitrogens is 3. The minimum Gasteiger partial charge on any atom is -0.366 e. The van der Waals surface area contributed by atoms with Gasteiger partial charge >= 0.3 is 0 Å². The van der Waals surface area contributed by atoms with Crippen LogP contribution in [-0.2, 0) is 0 Å². The van der Waals surface area contributed by atoms with Gasteiger partial charge in [0.05, 0.1) is 5.69 Å². The molecule has 3 aromatic rings. The number of anilines is 1. The average Bonchev–Trinajstić information content (AvgIpc) is 2.70. The van der Waals surface area contributed by atoms with Crippen molar-refractivity contribution in [3.05, 3.63) is 60.4 Å². The van der Waals surface area contributed by atoms with E-state index in [1.165, 1.54) is 12.0 Å². The number of hydrogen-bond acceptors (Lipinski definition) is 5. The van der Waals surface area contributed by atoms with E-state index in [-0.39, 0.29) is 0 Å². The highest BCUT2D eigenvalue weighted by Gasteiger charge is 2.15. The Morgan fingerprint density at radius 2 is 1.96 bits per heavy atom. The molecule has 2 N–H and O–H groups in total. The Hall–Kier alpha value is -2.79. The molecule has 5 nitrogen and oxygen atoms in total. The molecule has 0 radical (unpaired) electrons. The second kappa shape index (κ2) is 7.62. The molecule has 132 valence electrons. The van der Waals surface area contributed by atoms with Crippen LogP contribution in [0, 0.1) is 6.92 Å². The lowest BCUT2D eigenvalue weighted by atomic mass is 10.1. The summed E-state index contributed by atoms with van der Waals surface area (Å²) in [7, 11) is 0. The third kappa shape index (κ3) is 3.89. The van der Waals surface area contributed by atoms with Gasteiger partial charge in [-0.05, 0) is 38.4 Å². The van der Waals surface area contributed by atoms with Gasteiger partial charge in [0, 0.05) is 42.2 Å². The zero-order chi connectivity index (χ0) is 17.8. The third-order valence-electron chi connectivity index (χ3n) is 4.64. The smallest absolute Gasteiger partial charge is 0.162 e. The summed E-state index contributed by atoms with van der Waals surface area (Å²) in [5.74, 6) is 1.60. The summed E-state index contributed by atoms with van der Waals surface area (Å²) in [4.78, 5) is 13.8. The molecule has 1 aliphatic heterocycles. The van der Waals surface area contributed by atoms with Crippen LogP contribution >= 0.6 is 0 Å². The van der Waals surface area contributed by atoms with Crippen LogP contribution in [-0.4, -0.2) is 34.1 Å². The van der Waals surface area contributed by atoms with Crippen molar-refractivity contribution in [2.75, 3.05) is 18.4 Å². The maximum absolute atomic E-state index is 4.79. The van der Waals surface area contributed by atoms with Crippen molar-refractivity contribution in [2.24, 2.45) is 0 Å². The Labute approximate surface area is 153 Å². The number of piperidine rings is 1. The monoisotopic (exact) mass is 345 g/mol. The van der Waals surface area contributed by atoms with Crippen molar-refractivity contribution in [3.63, 3.8) is 0 Å². The van der Waals surface area contributed by atoms with E-state index in [4.69, 9.17) is 9.97 Å². The second-order valence-corrected chi connectivity index (χ2v) is 6.76. The summed E-state index contributed by atoms with van der Waals surface area (Å²) in [5.41, 5.74) is 4.12. The first-order chi connectivity index (χ1) is 12.8. The van der Waals surface area contributed by atoms with Crippen molar-refractivity contribution >= 4 is 5.82 Å². The van der Waals surface area contributed by atoms with Crippen LogP contribution in [0.2, 0.25) is 0 Å². The van der Waals surface area contributed by atoms with Crippen LogP contribution in [0.3, 0.4) is 0 Å². The maximum atomic E-state index is 4.79. The number of benzene rings is 1. The largest absolute Gasteiger partial charge is 0.366 e. The van der Waals surface area contributed by atoms with Gasteiger partial charge in [0.25, 0.3) is 0 Å². The quantitative estimate of drug-likeness (QED) is 0.755. The molecule has 5 heteroatoms. The fraction of sp³-hybridized carbons (Fsp3) is 0.286. The standard InChI is InChI=1S/C21H23N5/c1-15-6-8-16(9-7-15)21-25-19(17-4-2-10-22-13-17)12-20(26-21)24-18-5-3-11-23-14-18/h2,4,6-10,12-13,18,23H,3,5,11,14H2,1H3,(H,24,25,26). The molecule has 1 atom stereocenters. The highest BCUT2D eigenvalue weighted by atomic mass is 15.1. The molecular formula is C21H23N5. The molecule has 26 heavy (non-hydrogen) atoms. The van der Waals surface area contributed by atoms with E-state index in [0.717, 1.165) is 48.0 Å². The van der Waals surface area contributed by atoms with Gasteiger partial charge in [0.15, 0.2) is 5.82 Å². The molecule has 0 aliphatic carbocycles. The van der Waals surface area contributed by atoms with E-state index in [1.54, 1.807) is 6.20 Å². The zero-order valence-corrected chi connectivity index (χ0v) is 14.9. The van der Waals surface area contributed by atoms with Crippen LogP contribution in [0.25, 0.3) is 22.6 Å². The lowest BCUT2D eigenvalue weighted by Crippen LogP contribution is -2.38. The van der Waals surface area contributed by atoms with E-state index in [0.29, 0.717) is 6.04 Å². The number of rotatable bonds is 4. The summed E-state index contributed by atoms with van der Waals surface area (Å²) >= 11 is 0. The molecule has 4 rings (SSSR count). The Morgan fingerprint density at radius 3 is 2.69 bits per heavy atom. The number of nitrogens with one attached hydrogen (secondary N) is 2. The minimum atomic E-state index is 0.395. The topological polar surface area (TPSA) is 62.7 Å². The van der Waals surface area contributed by atoms with Gasteiger partial charge in [0.1, 0.15) is 5.82 Å². The lowest BCUT2D eigenvalue weighted by Gasteiger charge is -2.24. The van der Waals surface area contributed by atoms with Crippen molar-refractivity contribution in [1.82, 2.24) is 20.3 Å². The van der Waals surface area contributed by atoms with Crippen LogP contribution in [0.15, 0.2) is 54.9 Å². The Morgan fingerprint density at radius 1 is 1.08 bits per heavy atom. The average molecular weight is 345 g/mol. The van der Waals surface area contributed by atoms with Gasteiger partial charge in [-0.1, -0.05) is 29.8 Å². The van der Waals surface area contributed by atoms with E-state index in [2.05, 4.69) is 46.8 Å². The first kappa shape index (κ1) is 16.7. The van der Waals surface area contributed by atoms with Crippen LogP contribution in [0.5, 0.6) is 0 Å². The number of aryl methyl sites for hydroxylation is 1. The van der Waals surface area contributed by atoms with Crippen molar-refractivity contribution in [2.45, 2.75) is 25.8 Å². The number of hydrogen-bond donors (Lipinski definition) is 2. The predicted molar refractivity (Wildman–Crippen MR) is 105 cm³/mol. The van der Waals surface area contributed by atoms with Gasteiger partial charge in [-0.3, -0.25) is 4.98 Å². The van der Waals surface area contributed by atoms with Gasteiger partial charge in [-0.2, -0.15) is 0 Å². The van der Waals surface area contributed by atoms with E-state index >= 15 is 0 Å². The van der Waals surface area contributed by atoms with Crippen LogP contribution in [0.1, 0.15) is 18.4 Å². The molecule has 0 bridgehead atoms. The van der Waals surface area contributed by atoms with Gasteiger partial charge in [0.2, 0.25) is 0 Å². The summed E-state index contributed by atoms with van der Waals surface area (Å²) in [6.45, 7) is 4.14. The van der Waals surface area contributed by atoms with Crippen LogP contribution in [0.4, 0.5) is 5.82 Å². The Kier molecular flexibility index (Phi) is 4.88. The number of nitrogens with zero attached hydrogens (tertiary/aromatic N) is 3. The number of pyridine rings is 1. The van der Waals surface area contributed by atoms with Crippen LogP contribution < -0.4 is 10.6 Å². The molecule has 1 saturated heterocycles. The molecule has 0 spiro atoms. The SMILES string of the molecule is Cc1ccc(-c2nc(NC3CCCNC3)cc(-c3cccnc3)n2)cc1. The fourth-order valence-electron chi connectivity index (χ4n) is 3.20. The van der Waals surface area contributed by atoms with Gasteiger partial charge in [-0.15, -0.1) is 0 Å². The highest BCUT2D eigenvalue weighted by Crippen LogP contribution is 2.25. The predicted octanol–water partition coefficient (Wildman–Crippen LogP) is 3.68.